The van der Waals surface area contributed by atoms with Crippen molar-refractivity contribution in [3.05, 3.63) is 95.1 Å². The largest absolute Gasteiger partial charge is 0.482 e. The highest BCUT2D eigenvalue weighted by Gasteiger charge is 2.20. The molecule has 0 fully saturated rings. The normalized spacial score (nSPS) is 10.1. The van der Waals surface area contributed by atoms with E-state index in [-0.39, 0.29) is 5.57 Å². The number of nitrogens with one attached hydrogen (secondary N) is 2. The first kappa shape index (κ1) is 23.3. The number of hydrogen-bond acceptors (Lipinski definition) is 4. The number of carbonyl (C=O) groups excluding carboxylic acids is 2. The topological polar surface area (TPSA) is 105 Å². The molecule has 0 unspecified atom stereocenters. The SMILES string of the molecule is Cc1ccccc1NC(=O)C(=Cc1ccc(OCC(=O)O)cc1)C(=O)Nc1ccccc1C. The molecule has 0 aliphatic heterocycles. The number of carboxylic acid groups (broad SMARTS) is 1. The lowest BCUT2D eigenvalue weighted by Crippen LogP contribution is -2.25. The van der Waals surface area contributed by atoms with Gasteiger partial charge in [-0.05, 0) is 60.9 Å². The highest BCUT2D eigenvalue weighted by molar-refractivity contribution is 6.29. The molecule has 2 amide bonds. The van der Waals surface area contributed by atoms with Crippen LogP contribution in [0.5, 0.6) is 5.75 Å². The zero-order chi connectivity index (χ0) is 23.8. The Morgan fingerprint density at radius 1 is 0.788 bits per heavy atom. The highest BCUT2D eigenvalue weighted by atomic mass is 16.5. The Morgan fingerprint density at radius 3 is 1.73 bits per heavy atom. The fourth-order valence-corrected chi connectivity index (χ4v) is 3.01. The standard InChI is InChI=1S/C26H24N2O5/c1-17-7-3-5-9-22(17)27-25(31)21(26(32)28-23-10-6-4-8-18(23)2)15-19-11-13-20(14-12-19)33-16-24(29)30/h3-15H,16H2,1-2H3,(H,27,31)(H,28,32)(H,29,30). The lowest BCUT2D eigenvalue weighted by molar-refractivity contribution is -0.139. The molecule has 0 radical (unpaired) electrons. The molecule has 3 aromatic rings. The minimum atomic E-state index is -1.08. The Kier molecular flexibility index (Phi) is 7.60. The zero-order valence-corrected chi connectivity index (χ0v) is 18.3. The quantitative estimate of drug-likeness (QED) is 0.271. The number of carbonyl (C=O) groups is 3. The summed E-state index contributed by atoms with van der Waals surface area (Å²) in [6.45, 7) is 3.27. The summed E-state index contributed by atoms with van der Waals surface area (Å²) < 4.78 is 5.13. The number of aliphatic carboxylic acids is 1. The molecule has 3 N–H and O–H groups in total. The van der Waals surface area contributed by atoms with Gasteiger partial charge in [0.15, 0.2) is 6.61 Å². The smallest absolute Gasteiger partial charge is 0.341 e. The molecule has 0 saturated carbocycles. The molecule has 168 valence electrons. The third-order valence-electron chi connectivity index (χ3n) is 4.83. The van der Waals surface area contributed by atoms with Crippen LogP contribution in [0, 0.1) is 13.8 Å². The Labute approximate surface area is 191 Å². The van der Waals surface area contributed by atoms with Gasteiger partial charge < -0.3 is 20.5 Å². The van der Waals surface area contributed by atoms with E-state index in [4.69, 9.17) is 9.84 Å². The van der Waals surface area contributed by atoms with Gasteiger partial charge >= 0.3 is 5.97 Å². The lowest BCUT2D eigenvalue weighted by Gasteiger charge is -2.13. The van der Waals surface area contributed by atoms with Crippen LogP contribution >= 0.6 is 0 Å². The average molecular weight is 444 g/mol. The summed E-state index contributed by atoms with van der Waals surface area (Å²) in [6.07, 6.45) is 1.47. The predicted octanol–water partition coefficient (Wildman–Crippen LogP) is 4.43. The van der Waals surface area contributed by atoms with Crippen LogP contribution < -0.4 is 15.4 Å². The van der Waals surface area contributed by atoms with Gasteiger partial charge in [-0.3, -0.25) is 9.59 Å². The second-order valence-corrected chi connectivity index (χ2v) is 7.35. The van der Waals surface area contributed by atoms with Crippen LogP contribution in [-0.4, -0.2) is 29.5 Å². The van der Waals surface area contributed by atoms with Crippen molar-refractivity contribution in [1.82, 2.24) is 0 Å². The van der Waals surface area contributed by atoms with E-state index in [2.05, 4.69) is 10.6 Å². The first-order chi connectivity index (χ1) is 15.8. The van der Waals surface area contributed by atoms with E-state index in [0.717, 1.165) is 11.1 Å². The number of amides is 2. The van der Waals surface area contributed by atoms with Crippen molar-refractivity contribution >= 4 is 35.2 Å². The summed E-state index contributed by atoms with van der Waals surface area (Å²) in [5.41, 5.74) is 3.44. The number of para-hydroxylation sites is 2. The zero-order valence-electron chi connectivity index (χ0n) is 18.3. The lowest BCUT2D eigenvalue weighted by atomic mass is 10.1. The minimum Gasteiger partial charge on any atom is -0.482 e. The Balaban J connectivity index is 1.89. The molecule has 0 bridgehead atoms. The van der Waals surface area contributed by atoms with Gasteiger partial charge in [0.1, 0.15) is 11.3 Å². The number of anilines is 2. The van der Waals surface area contributed by atoms with Gasteiger partial charge in [0.05, 0.1) is 0 Å². The van der Waals surface area contributed by atoms with Crippen molar-refractivity contribution in [2.45, 2.75) is 13.8 Å². The number of carboxylic acids is 1. The average Bonchev–Trinajstić information content (AvgIpc) is 2.79. The van der Waals surface area contributed by atoms with Crippen LogP contribution in [-0.2, 0) is 14.4 Å². The third kappa shape index (κ3) is 6.54. The minimum absolute atomic E-state index is 0.0827. The maximum atomic E-state index is 13.1. The molecule has 0 spiro atoms. The molecule has 0 aromatic heterocycles. The highest BCUT2D eigenvalue weighted by Crippen LogP contribution is 2.20. The molecule has 7 heteroatoms. The molecule has 0 atom stereocenters. The van der Waals surface area contributed by atoms with Crippen LogP contribution in [0.2, 0.25) is 0 Å². The van der Waals surface area contributed by atoms with Gasteiger partial charge in [-0.2, -0.15) is 0 Å². The summed E-state index contributed by atoms with van der Waals surface area (Å²) in [5, 5.41) is 14.3. The van der Waals surface area contributed by atoms with E-state index in [1.165, 1.54) is 6.08 Å². The predicted molar refractivity (Wildman–Crippen MR) is 127 cm³/mol. The van der Waals surface area contributed by atoms with E-state index in [0.29, 0.717) is 22.7 Å². The molecular formula is C26H24N2O5. The molecule has 33 heavy (non-hydrogen) atoms. The molecule has 7 nitrogen and oxygen atoms in total. The maximum Gasteiger partial charge on any atom is 0.341 e. The molecule has 3 rings (SSSR count). The van der Waals surface area contributed by atoms with E-state index >= 15 is 0 Å². The van der Waals surface area contributed by atoms with E-state index in [1.807, 2.05) is 38.1 Å². The fraction of sp³-hybridized carbons (Fsp3) is 0.115. The van der Waals surface area contributed by atoms with Gasteiger partial charge in [-0.1, -0.05) is 48.5 Å². The second kappa shape index (κ2) is 10.8. The van der Waals surface area contributed by atoms with Gasteiger partial charge in [0.2, 0.25) is 0 Å². The first-order valence-electron chi connectivity index (χ1n) is 10.2. The Bertz CT molecular complexity index is 1140. The molecule has 0 saturated heterocycles. The first-order valence-corrected chi connectivity index (χ1v) is 10.2. The summed E-state index contributed by atoms with van der Waals surface area (Å²) in [4.78, 5) is 36.9. The number of benzene rings is 3. The number of hydrogen-bond donors (Lipinski definition) is 3. The van der Waals surface area contributed by atoms with Gasteiger partial charge in [-0.25, -0.2) is 4.79 Å². The van der Waals surface area contributed by atoms with Crippen LogP contribution in [0.15, 0.2) is 78.4 Å². The van der Waals surface area contributed by atoms with Gasteiger partial charge in [0, 0.05) is 11.4 Å². The summed E-state index contributed by atoms with van der Waals surface area (Å²) >= 11 is 0. The van der Waals surface area contributed by atoms with Crippen LogP contribution in [0.1, 0.15) is 16.7 Å². The maximum absolute atomic E-state index is 13.1. The summed E-state index contributed by atoms with van der Waals surface area (Å²) in [5.74, 6) is -1.82. The number of ether oxygens (including phenoxy) is 1. The molecule has 0 heterocycles. The Hall–Kier alpha value is -4.39. The van der Waals surface area contributed by atoms with E-state index < -0.39 is 24.4 Å². The van der Waals surface area contributed by atoms with Crippen molar-refractivity contribution in [2.75, 3.05) is 17.2 Å². The van der Waals surface area contributed by atoms with E-state index in [9.17, 15) is 14.4 Å². The summed E-state index contributed by atoms with van der Waals surface area (Å²) in [7, 11) is 0. The van der Waals surface area contributed by atoms with Crippen molar-refractivity contribution < 1.29 is 24.2 Å². The fourth-order valence-electron chi connectivity index (χ4n) is 3.01. The van der Waals surface area contributed by atoms with Gasteiger partial charge in [0.25, 0.3) is 11.8 Å². The van der Waals surface area contributed by atoms with Crippen LogP contribution in [0.3, 0.4) is 0 Å². The molecule has 0 aliphatic carbocycles. The summed E-state index contributed by atoms with van der Waals surface area (Å²) in [6, 6.07) is 21.0. The van der Waals surface area contributed by atoms with E-state index in [1.54, 1.807) is 48.5 Å². The second-order valence-electron chi connectivity index (χ2n) is 7.35. The van der Waals surface area contributed by atoms with Crippen LogP contribution in [0.4, 0.5) is 11.4 Å². The molecular weight excluding hydrogens is 420 g/mol. The molecule has 3 aromatic carbocycles. The third-order valence-corrected chi connectivity index (χ3v) is 4.83. The van der Waals surface area contributed by atoms with Crippen molar-refractivity contribution in [3.63, 3.8) is 0 Å². The number of rotatable bonds is 8. The van der Waals surface area contributed by atoms with Crippen molar-refractivity contribution in [2.24, 2.45) is 0 Å². The van der Waals surface area contributed by atoms with Gasteiger partial charge in [-0.15, -0.1) is 0 Å². The number of aryl methyl sites for hydroxylation is 2. The van der Waals surface area contributed by atoms with Crippen molar-refractivity contribution in [1.29, 1.82) is 0 Å². The van der Waals surface area contributed by atoms with Crippen LogP contribution in [0.25, 0.3) is 6.08 Å². The molecule has 0 aliphatic rings. The monoisotopic (exact) mass is 444 g/mol. The van der Waals surface area contributed by atoms with Crippen molar-refractivity contribution in [3.8, 4) is 5.75 Å². The Morgan fingerprint density at radius 2 is 1.27 bits per heavy atom.